The maximum Gasteiger partial charge on any atom is 0.339 e. The largest absolute Gasteiger partial charge is 0.507 e. The summed E-state index contributed by atoms with van der Waals surface area (Å²) >= 11 is 0. The van der Waals surface area contributed by atoms with E-state index in [4.69, 9.17) is 25.4 Å². The van der Waals surface area contributed by atoms with Gasteiger partial charge in [0.2, 0.25) is 5.91 Å². The zero-order valence-electron chi connectivity index (χ0n) is 15.6. The number of nitrogens with one attached hydrogen (secondary N) is 1. The summed E-state index contributed by atoms with van der Waals surface area (Å²) in [6.07, 6.45) is -0.884. The Labute approximate surface area is 162 Å². The van der Waals surface area contributed by atoms with Crippen molar-refractivity contribution in [2.24, 2.45) is 5.73 Å². The summed E-state index contributed by atoms with van der Waals surface area (Å²) in [6, 6.07) is 10.9. The molecule has 1 atom stereocenters. The summed E-state index contributed by atoms with van der Waals surface area (Å²) in [4.78, 5) is 21.3. The Morgan fingerprint density at radius 2 is 1.82 bits per heavy atom. The number of hydrogen-bond acceptors (Lipinski definition) is 7. The molecule has 0 radical (unpaired) electrons. The quantitative estimate of drug-likeness (QED) is 0.466. The van der Waals surface area contributed by atoms with Gasteiger partial charge in [-0.15, -0.1) is 0 Å². The number of aliphatic hydroxyl groups excluding tert-OH is 1. The van der Waals surface area contributed by atoms with Crippen LogP contribution in [-0.4, -0.2) is 54.5 Å². The van der Waals surface area contributed by atoms with Gasteiger partial charge in [0.15, 0.2) is 0 Å². The van der Waals surface area contributed by atoms with E-state index in [1.54, 1.807) is 30.3 Å². The summed E-state index contributed by atoms with van der Waals surface area (Å²) < 4.78 is 10.2. The fourth-order valence-corrected chi connectivity index (χ4v) is 2.15. The van der Waals surface area contributed by atoms with Gasteiger partial charge < -0.3 is 35.8 Å². The molecule has 6 N–H and O–H groups in total. The average Bonchev–Trinajstić information content (AvgIpc) is 2.71. The summed E-state index contributed by atoms with van der Waals surface area (Å²) in [7, 11) is 3.05. The van der Waals surface area contributed by atoms with E-state index in [9.17, 15) is 14.7 Å². The van der Waals surface area contributed by atoms with E-state index in [0.717, 1.165) is 0 Å². The molecule has 2 aromatic rings. The van der Waals surface area contributed by atoms with E-state index < -0.39 is 12.1 Å². The Morgan fingerprint density at radius 1 is 1.14 bits per heavy atom. The Hall–Kier alpha value is -3.30. The number of phenols is 1. The second kappa shape index (κ2) is 11.4. The topological polar surface area (TPSA) is 151 Å². The third kappa shape index (κ3) is 6.78. The molecule has 28 heavy (non-hydrogen) atoms. The highest BCUT2D eigenvalue weighted by atomic mass is 16.5. The lowest BCUT2D eigenvalue weighted by Gasteiger charge is -2.16. The van der Waals surface area contributed by atoms with E-state index in [1.165, 1.54) is 26.4 Å². The third-order valence-electron chi connectivity index (χ3n) is 3.61. The average molecular weight is 392 g/mol. The summed E-state index contributed by atoms with van der Waals surface area (Å²) in [5, 5.41) is 29.8. The van der Waals surface area contributed by atoms with Crippen LogP contribution in [0.5, 0.6) is 17.2 Å². The van der Waals surface area contributed by atoms with Gasteiger partial charge in [0.25, 0.3) is 0 Å². The molecule has 0 aromatic heterocycles. The fourth-order valence-electron chi connectivity index (χ4n) is 2.15. The van der Waals surface area contributed by atoms with Crippen LogP contribution in [0.25, 0.3) is 0 Å². The van der Waals surface area contributed by atoms with Crippen LogP contribution >= 0.6 is 0 Å². The van der Waals surface area contributed by atoms with Crippen molar-refractivity contribution in [2.45, 2.75) is 6.10 Å². The lowest BCUT2D eigenvalue weighted by Crippen LogP contribution is -2.33. The van der Waals surface area contributed by atoms with Crippen molar-refractivity contribution < 1.29 is 34.4 Å². The van der Waals surface area contributed by atoms with Crippen LogP contribution in [-0.2, 0) is 4.79 Å². The van der Waals surface area contributed by atoms with Gasteiger partial charge in [-0.2, -0.15) is 0 Å². The Balaban J connectivity index is 0.000000330. The molecular formula is C19H24N2O7. The van der Waals surface area contributed by atoms with Crippen LogP contribution in [0.4, 0.5) is 0 Å². The van der Waals surface area contributed by atoms with E-state index in [2.05, 4.69) is 5.32 Å². The molecule has 0 aliphatic carbocycles. The number of aromatic carboxylic acids is 1. The number of amides is 1. The second-order valence-corrected chi connectivity index (χ2v) is 5.45. The van der Waals surface area contributed by atoms with E-state index in [-0.39, 0.29) is 30.3 Å². The van der Waals surface area contributed by atoms with Crippen molar-refractivity contribution in [3.63, 3.8) is 0 Å². The Bertz CT molecular complexity index is 796. The molecular weight excluding hydrogens is 368 g/mol. The van der Waals surface area contributed by atoms with Crippen LogP contribution in [0.3, 0.4) is 0 Å². The molecule has 2 aromatic carbocycles. The third-order valence-corrected chi connectivity index (χ3v) is 3.61. The highest BCUT2D eigenvalue weighted by Crippen LogP contribution is 2.28. The molecule has 0 heterocycles. The minimum absolute atomic E-state index is 0.0671. The molecule has 0 aliphatic rings. The molecule has 0 bridgehead atoms. The number of benzene rings is 2. The number of nitrogens with two attached hydrogens (primary N) is 1. The number of carbonyl (C=O) groups excluding carboxylic acids is 1. The molecule has 0 aliphatic heterocycles. The number of aromatic hydroxyl groups is 1. The highest BCUT2D eigenvalue weighted by molar-refractivity contribution is 5.90. The first kappa shape index (κ1) is 22.7. The molecule has 0 spiro atoms. The van der Waals surface area contributed by atoms with E-state index >= 15 is 0 Å². The van der Waals surface area contributed by atoms with Gasteiger partial charge in [-0.3, -0.25) is 4.79 Å². The number of rotatable bonds is 7. The van der Waals surface area contributed by atoms with Gasteiger partial charge in [0.1, 0.15) is 22.8 Å². The van der Waals surface area contributed by atoms with Gasteiger partial charge in [-0.05, 0) is 30.3 Å². The minimum atomic E-state index is -1.11. The number of para-hydroxylation sites is 1. The number of methoxy groups -OCH3 is 2. The second-order valence-electron chi connectivity index (χ2n) is 5.45. The number of hydrogen-bond donors (Lipinski definition) is 5. The maximum absolute atomic E-state index is 11.0. The van der Waals surface area contributed by atoms with E-state index in [1.807, 2.05) is 0 Å². The standard InChI is InChI=1S/C12H18N2O4.C7H6O3/c1-17-8-3-4-11(18-2)9(5-8)10(15)7-14-12(16)6-13;8-6-4-2-1-3-5(6)7(9)10/h3-5,10,15H,6-7,13H2,1-2H3,(H,14,16);1-4,8H,(H,9,10). The van der Waals surface area contributed by atoms with Crippen molar-refractivity contribution >= 4 is 11.9 Å². The molecule has 0 fully saturated rings. The van der Waals surface area contributed by atoms with Gasteiger partial charge in [-0.25, -0.2) is 4.79 Å². The first-order chi connectivity index (χ1) is 13.3. The number of carboxylic acids is 1. The molecule has 0 saturated heterocycles. The molecule has 9 nitrogen and oxygen atoms in total. The zero-order chi connectivity index (χ0) is 21.1. The van der Waals surface area contributed by atoms with E-state index in [0.29, 0.717) is 17.1 Å². The van der Waals surface area contributed by atoms with Gasteiger partial charge in [-0.1, -0.05) is 12.1 Å². The minimum Gasteiger partial charge on any atom is -0.507 e. The molecule has 152 valence electrons. The van der Waals surface area contributed by atoms with Crippen molar-refractivity contribution in [1.29, 1.82) is 0 Å². The molecule has 1 amide bonds. The highest BCUT2D eigenvalue weighted by Gasteiger charge is 2.15. The Kier molecular flexibility index (Phi) is 9.28. The van der Waals surface area contributed by atoms with Gasteiger partial charge in [0.05, 0.1) is 26.9 Å². The van der Waals surface area contributed by atoms with Gasteiger partial charge >= 0.3 is 5.97 Å². The first-order valence-corrected chi connectivity index (χ1v) is 8.22. The normalized spacial score (nSPS) is 10.9. The summed E-state index contributed by atoms with van der Waals surface area (Å²) in [5.41, 5.74) is 5.64. The molecule has 0 saturated carbocycles. The summed E-state index contributed by atoms with van der Waals surface area (Å²) in [6.45, 7) is -0.0402. The Morgan fingerprint density at radius 3 is 2.32 bits per heavy atom. The van der Waals surface area contributed by atoms with Crippen molar-refractivity contribution in [2.75, 3.05) is 27.3 Å². The zero-order valence-corrected chi connectivity index (χ0v) is 15.6. The van der Waals surface area contributed by atoms with Crippen LogP contribution in [0.15, 0.2) is 42.5 Å². The van der Waals surface area contributed by atoms with Crippen LogP contribution in [0.1, 0.15) is 22.0 Å². The fraction of sp³-hybridized carbons (Fsp3) is 0.263. The first-order valence-electron chi connectivity index (χ1n) is 8.22. The monoisotopic (exact) mass is 392 g/mol. The van der Waals surface area contributed by atoms with Crippen molar-refractivity contribution in [3.05, 3.63) is 53.6 Å². The number of aliphatic hydroxyl groups is 1. The molecule has 9 heteroatoms. The smallest absolute Gasteiger partial charge is 0.339 e. The van der Waals surface area contributed by atoms with Crippen LogP contribution < -0.4 is 20.5 Å². The maximum atomic E-state index is 11.0. The number of carbonyl (C=O) groups is 2. The lowest BCUT2D eigenvalue weighted by atomic mass is 10.1. The summed E-state index contributed by atoms with van der Waals surface area (Å²) in [5.74, 6) is -0.496. The van der Waals surface area contributed by atoms with Crippen molar-refractivity contribution in [3.8, 4) is 17.2 Å². The van der Waals surface area contributed by atoms with Crippen LogP contribution in [0, 0.1) is 0 Å². The predicted molar refractivity (Wildman–Crippen MR) is 102 cm³/mol. The molecule has 1 unspecified atom stereocenters. The lowest BCUT2D eigenvalue weighted by molar-refractivity contribution is -0.120. The number of carboxylic acid groups (broad SMARTS) is 1. The van der Waals surface area contributed by atoms with Crippen LogP contribution in [0.2, 0.25) is 0 Å². The number of ether oxygens (including phenoxy) is 2. The van der Waals surface area contributed by atoms with Gasteiger partial charge in [0, 0.05) is 12.1 Å². The van der Waals surface area contributed by atoms with Crippen molar-refractivity contribution in [1.82, 2.24) is 5.32 Å². The molecule has 2 rings (SSSR count). The predicted octanol–water partition coefficient (Wildman–Crippen LogP) is 0.903. The SMILES string of the molecule is COc1ccc(OC)c(C(O)CNC(=O)CN)c1.O=C(O)c1ccccc1O.